The van der Waals surface area contributed by atoms with Gasteiger partial charge in [0.05, 0.1) is 22.8 Å². The minimum Gasteiger partial charge on any atom is -0.483 e. The van der Waals surface area contributed by atoms with Crippen LogP contribution in [0.4, 0.5) is 18.9 Å². The normalized spacial score (nSPS) is 10.9. The Morgan fingerprint density at radius 2 is 1.82 bits per heavy atom. The molecule has 0 unspecified atom stereocenters. The highest BCUT2D eigenvalue weighted by Crippen LogP contribution is 2.32. The van der Waals surface area contributed by atoms with Gasteiger partial charge in [-0.2, -0.15) is 18.4 Å². The standard InChI is InChI=1S/C24H16ClF3N2O3/c1-14-4-2-3-5-20(14)30-22(31)13-33-21-7-6-18(25)11-19(21)23(32)16-8-15(12-29)9-17(10-16)24(26,27)28/h2-11H,13H2,1H3,(H,30,31). The highest BCUT2D eigenvalue weighted by atomic mass is 35.5. The van der Waals surface area contributed by atoms with Gasteiger partial charge >= 0.3 is 6.18 Å². The lowest BCUT2D eigenvalue weighted by Gasteiger charge is -2.14. The number of nitrogens with zero attached hydrogens (tertiary/aromatic N) is 1. The molecule has 0 saturated heterocycles. The number of ketones is 1. The number of hydrogen-bond acceptors (Lipinski definition) is 4. The summed E-state index contributed by atoms with van der Waals surface area (Å²) in [6, 6.07) is 15.1. The lowest BCUT2D eigenvalue weighted by atomic mass is 9.98. The van der Waals surface area contributed by atoms with Gasteiger partial charge in [0.25, 0.3) is 5.91 Å². The summed E-state index contributed by atoms with van der Waals surface area (Å²) in [6.45, 7) is 1.36. The third kappa shape index (κ3) is 5.90. The monoisotopic (exact) mass is 472 g/mol. The number of amides is 1. The second kappa shape index (κ2) is 9.76. The van der Waals surface area contributed by atoms with E-state index in [4.69, 9.17) is 21.6 Å². The molecular weight excluding hydrogens is 457 g/mol. The van der Waals surface area contributed by atoms with Crippen molar-refractivity contribution in [2.75, 3.05) is 11.9 Å². The van der Waals surface area contributed by atoms with E-state index in [0.717, 1.165) is 11.6 Å². The number of nitrogens with one attached hydrogen (secondary N) is 1. The Morgan fingerprint density at radius 3 is 2.48 bits per heavy atom. The van der Waals surface area contributed by atoms with Crippen molar-refractivity contribution in [1.29, 1.82) is 5.26 Å². The van der Waals surface area contributed by atoms with Crippen molar-refractivity contribution >= 4 is 29.0 Å². The molecule has 0 bridgehead atoms. The van der Waals surface area contributed by atoms with Gasteiger partial charge < -0.3 is 10.1 Å². The van der Waals surface area contributed by atoms with E-state index in [-0.39, 0.29) is 27.5 Å². The minimum atomic E-state index is -4.75. The predicted molar refractivity (Wildman–Crippen MR) is 116 cm³/mol. The van der Waals surface area contributed by atoms with Crippen LogP contribution in [0.3, 0.4) is 0 Å². The van der Waals surface area contributed by atoms with Crippen molar-refractivity contribution in [3.05, 3.63) is 93.5 Å². The molecule has 0 aliphatic heterocycles. The summed E-state index contributed by atoms with van der Waals surface area (Å²) < 4.78 is 45.1. The molecule has 0 aliphatic carbocycles. The lowest BCUT2D eigenvalue weighted by molar-refractivity contribution is -0.137. The van der Waals surface area contributed by atoms with Crippen molar-refractivity contribution < 1.29 is 27.5 Å². The first-order valence-electron chi connectivity index (χ1n) is 9.53. The van der Waals surface area contributed by atoms with Crippen molar-refractivity contribution in [1.82, 2.24) is 0 Å². The van der Waals surface area contributed by atoms with E-state index in [2.05, 4.69) is 5.32 Å². The summed E-state index contributed by atoms with van der Waals surface area (Å²) in [5.41, 5.74) is -0.535. The zero-order chi connectivity index (χ0) is 24.2. The molecule has 0 saturated carbocycles. The van der Waals surface area contributed by atoms with Gasteiger partial charge in [0.1, 0.15) is 5.75 Å². The van der Waals surface area contributed by atoms with Crippen LogP contribution in [-0.4, -0.2) is 18.3 Å². The van der Waals surface area contributed by atoms with Crippen LogP contribution in [0.5, 0.6) is 5.75 Å². The summed E-state index contributed by atoms with van der Waals surface area (Å²) in [7, 11) is 0. The number of ether oxygens (including phenoxy) is 1. The lowest BCUT2D eigenvalue weighted by Crippen LogP contribution is -2.21. The van der Waals surface area contributed by atoms with E-state index >= 15 is 0 Å². The van der Waals surface area contributed by atoms with Gasteiger partial charge in [-0.3, -0.25) is 9.59 Å². The van der Waals surface area contributed by atoms with Crippen LogP contribution in [0.2, 0.25) is 5.02 Å². The summed E-state index contributed by atoms with van der Waals surface area (Å²) in [4.78, 5) is 25.3. The number of aryl methyl sites for hydroxylation is 1. The maximum atomic E-state index is 13.2. The van der Waals surface area contributed by atoms with Crippen LogP contribution < -0.4 is 10.1 Å². The largest absolute Gasteiger partial charge is 0.483 e. The summed E-state index contributed by atoms with van der Waals surface area (Å²) >= 11 is 5.98. The first-order valence-corrected chi connectivity index (χ1v) is 9.91. The average Bonchev–Trinajstić information content (AvgIpc) is 2.78. The van der Waals surface area contributed by atoms with E-state index in [9.17, 15) is 22.8 Å². The number of carbonyl (C=O) groups excluding carboxylic acids is 2. The number of halogens is 4. The molecule has 0 atom stereocenters. The van der Waals surface area contributed by atoms with Crippen LogP contribution in [0.25, 0.3) is 0 Å². The van der Waals surface area contributed by atoms with Gasteiger partial charge in [-0.1, -0.05) is 29.8 Å². The molecule has 1 N–H and O–H groups in total. The Hall–Kier alpha value is -3.83. The molecule has 0 aromatic heterocycles. The third-order valence-corrected chi connectivity index (χ3v) is 4.85. The topological polar surface area (TPSA) is 79.2 Å². The number of alkyl halides is 3. The molecule has 0 radical (unpaired) electrons. The number of nitriles is 1. The molecule has 3 rings (SSSR count). The van der Waals surface area contributed by atoms with Gasteiger partial charge in [0.2, 0.25) is 0 Å². The molecule has 0 aliphatic rings. The number of hydrogen-bond donors (Lipinski definition) is 1. The Labute approximate surface area is 192 Å². The van der Waals surface area contributed by atoms with E-state index in [0.29, 0.717) is 17.8 Å². The molecule has 3 aromatic carbocycles. The molecule has 0 spiro atoms. The Bertz CT molecular complexity index is 1270. The van der Waals surface area contributed by atoms with Crippen LogP contribution in [-0.2, 0) is 11.0 Å². The molecule has 168 valence electrons. The van der Waals surface area contributed by atoms with E-state index in [1.807, 2.05) is 19.1 Å². The number of para-hydroxylation sites is 1. The quantitative estimate of drug-likeness (QED) is 0.461. The van der Waals surface area contributed by atoms with Crippen molar-refractivity contribution in [2.45, 2.75) is 13.1 Å². The summed E-state index contributed by atoms with van der Waals surface area (Å²) in [5, 5.41) is 11.9. The van der Waals surface area contributed by atoms with E-state index < -0.39 is 30.0 Å². The van der Waals surface area contributed by atoms with E-state index in [1.54, 1.807) is 18.2 Å². The van der Waals surface area contributed by atoms with Crippen LogP contribution in [0.1, 0.15) is 32.6 Å². The molecular formula is C24H16ClF3N2O3. The highest BCUT2D eigenvalue weighted by Gasteiger charge is 2.32. The van der Waals surface area contributed by atoms with Gasteiger partial charge in [-0.05, 0) is 55.0 Å². The zero-order valence-electron chi connectivity index (χ0n) is 17.2. The minimum absolute atomic E-state index is 0.0414. The Balaban J connectivity index is 1.87. The van der Waals surface area contributed by atoms with Gasteiger partial charge in [-0.25, -0.2) is 0 Å². The van der Waals surface area contributed by atoms with Crippen LogP contribution >= 0.6 is 11.6 Å². The smallest absolute Gasteiger partial charge is 0.416 e. The number of carbonyl (C=O) groups is 2. The zero-order valence-corrected chi connectivity index (χ0v) is 17.9. The number of anilines is 1. The number of benzene rings is 3. The molecule has 3 aromatic rings. The first kappa shape index (κ1) is 23.8. The Kier molecular flexibility index (Phi) is 7.04. The first-order chi connectivity index (χ1) is 15.6. The maximum absolute atomic E-state index is 13.2. The van der Waals surface area contributed by atoms with Gasteiger partial charge in [-0.15, -0.1) is 0 Å². The van der Waals surface area contributed by atoms with E-state index in [1.165, 1.54) is 18.2 Å². The summed E-state index contributed by atoms with van der Waals surface area (Å²) in [6.07, 6.45) is -4.75. The predicted octanol–water partition coefficient (Wildman–Crippen LogP) is 5.79. The molecule has 0 fully saturated rings. The van der Waals surface area contributed by atoms with Gasteiger partial charge in [0.15, 0.2) is 12.4 Å². The SMILES string of the molecule is Cc1ccccc1NC(=O)COc1ccc(Cl)cc1C(=O)c1cc(C#N)cc(C(F)(F)F)c1. The van der Waals surface area contributed by atoms with Crippen molar-refractivity contribution in [2.24, 2.45) is 0 Å². The Morgan fingerprint density at radius 1 is 1.09 bits per heavy atom. The highest BCUT2D eigenvalue weighted by molar-refractivity contribution is 6.31. The van der Waals surface area contributed by atoms with Crippen molar-refractivity contribution in [3.8, 4) is 11.8 Å². The van der Waals surface area contributed by atoms with Crippen LogP contribution in [0.15, 0.2) is 60.7 Å². The fourth-order valence-electron chi connectivity index (χ4n) is 2.99. The average molecular weight is 473 g/mol. The van der Waals surface area contributed by atoms with Gasteiger partial charge in [0, 0.05) is 16.3 Å². The molecule has 5 nitrogen and oxygen atoms in total. The molecule has 33 heavy (non-hydrogen) atoms. The molecule has 9 heteroatoms. The van der Waals surface area contributed by atoms with Crippen molar-refractivity contribution in [3.63, 3.8) is 0 Å². The maximum Gasteiger partial charge on any atom is 0.416 e. The fourth-order valence-corrected chi connectivity index (χ4v) is 3.16. The molecule has 0 heterocycles. The second-order valence-electron chi connectivity index (χ2n) is 7.03. The van der Waals surface area contributed by atoms with Crippen LogP contribution in [0, 0.1) is 18.3 Å². The number of rotatable bonds is 6. The fraction of sp³-hybridized carbons (Fsp3) is 0.125. The molecule has 1 amide bonds. The summed E-state index contributed by atoms with van der Waals surface area (Å²) in [5.74, 6) is -1.38. The third-order valence-electron chi connectivity index (χ3n) is 4.62. The second-order valence-corrected chi connectivity index (χ2v) is 7.47.